The number of allylic oxidation sites excluding steroid dienone is 5. The van der Waals surface area contributed by atoms with Crippen LogP contribution < -0.4 is 0 Å². The van der Waals surface area contributed by atoms with E-state index in [9.17, 15) is 0 Å². The quantitative estimate of drug-likeness (QED) is 0.531. The van der Waals surface area contributed by atoms with E-state index < -0.39 is 0 Å². The fraction of sp³-hybridized carbons (Fsp3) is 0.269. The van der Waals surface area contributed by atoms with Crippen molar-refractivity contribution in [2.75, 3.05) is 13.1 Å². The zero-order valence-electron chi connectivity index (χ0n) is 16.9. The number of aromatic amines is 1. The maximum atomic E-state index is 4.51. The average molecular weight is 384 g/mol. The molecule has 0 atom stereocenters. The van der Waals surface area contributed by atoms with E-state index in [-0.39, 0.29) is 0 Å². The number of aromatic nitrogens is 2. The molecule has 1 aromatic carbocycles. The molecular formula is C26H29N3. The maximum absolute atomic E-state index is 4.51. The normalized spacial score (nSPS) is 14.2. The minimum Gasteiger partial charge on any atom is -0.361 e. The van der Waals surface area contributed by atoms with Crippen LogP contribution in [0.2, 0.25) is 0 Å². The lowest BCUT2D eigenvalue weighted by molar-refractivity contribution is 0.271. The molecule has 0 fully saturated rings. The van der Waals surface area contributed by atoms with Gasteiger partial charge in [-0.15, -0.1) is 0 Å². The number of benzene rings is 1. The van der Waals surface area contributed by atoms with Crippen LogP contribution in [-0.4, -0.2) is 28.0 Å². The Balaban J connectivity index is 1.46. The first-order chi connectivity index (χ1) is 14.4. The number of hydrogen-bond donors (Lipinski definition) is 1. The maximum Gasteiger partial charge on any atom is 0.0499 e. The third-order valence-corrected chi connectivity index (χ3v) is 5.55. The van der Waals surface area contributed by atoms with E-state index in [0.717, 1.165) is 51.0 Å². The van der Waals surface area contributed by atoms with Gasteiger partial charge in [-0.25, -0.2) is 0 Å². The SMILES string of the molecule is C1=CC=C(CCN(CCc2ccccn2)Cc2cccc3cc[nH]c23)CCC=C1. The van der Waals surface area contributed by atoms with Crippen LogP contribution >= 0.6 is 0 Å². The number of para-hydroxylation sites is 1. The molecule has 0 saturated carbocycles. The van der Waals surface area contributed by atoms with Crippen molar-refractivity contribution >= 4 is 10.9 Å². The van der Waals surface area contributed by atoms with Gasteiger partial charge in [0.2, 0.25) is 0 Å². The molecule has 1 N–H and O–H groups in total. The van der Waals surface area contributed by atoms with Gasteiger partial charge in [0, 0.05) is 49.7 Å². The predicted molar refractivity (Wildman–Crippen MR) is 122 cm³/mol. The second-order valence-corrected chi connectivity index (χ2v) is 7.63. The molecule has 0 unspecified atom stereocenters. The summed E-state index contributed by atoms with van der Waals surface area (Å²) in [6, 6.07) is 14.9. The van der Waals surface area contributed by atoms with E-state index in [2.05, 4.69) is 81.6 Å². The fourth-order valence-electron chi connectivity index (χ4n) is 3.90. The summed E-state index contributed by atoms with van der Waals surface area (Å²) in [7, 11) is 0. The van der Waals surface area contributed by atoms with Crippen molar-refractivity contribution in [3.05, 3.63) is 102 Å². The van der Waals surface area contributed by atoms with Gasteiger partial charge in [0.05, 0.1) is 0 Å². The molecule has 2 heterocycles. The third-order valence-electron chi connectivity index (χ3n) is 5.55. The van der Waals surface area contributed by atoms with E-state index in [4.69, 9.17) is 0 Å². The molecule has 0 aliphatic heterocycles. The van der Waals surface area contributed by atoms with Crippen molar-refractivity contribution in [3.63, 3.8) is 0 Å². The topological polar surface area (TPSA) is 31.9 Å². The van der Waals surface area contributed by atoms with Crippen LogP contribution in [0.25, 0.3) is 10.9 Å². The van der Waals surface area contributed by atoms with E-state index in [1.807, 2.05) is 18.5 Å². The Bertz CT molecular complexity index is 995. The summed E-state index contributed by atoms with van der Waals surface area (Å²) in [6.45, 7) is 3.03. The lowest BCUT2D eigenvalue weighted by atomic mass is 10.0. The summed E-state index contributed by atoms with van der Waals surface area (Å²) in [5.74, 6) is 0. The number of fused-ring (bicyclic) bond motifs is 1. The van der Waals surface area contributed by atoms with Crippen molar-refractivity contribution in [1.82, 2.24) is 14.9 Å². The number of nitrogens with zero attached hydrogens (tertiary/aromatic N) is 2. The summed E-state index contributed by atoms with van der Waals surface area (Å²) >= 11 is 0. The first-order valence-corrected chi connectivity index (χ1v) is 10.6. The molecule has 0 saturated heterocycles. The monoisotopic (exact) mass is 383 g/mol. The zero-order chi connectivity index (χ0) is 19.7. The number of rotatable bonds is 8. The highest BCUT2D eigenvalue weighted by Crippen LogP contribution is 2.20. The largest absolute Gasteiger partial charge is 0.361 e. The van der Waals surface area contributed by atoms with Crippen molar-refractivity contribution in [1.29, 1.82) is 0 Å². The molecule has 3 heteroatoms. The number of hydrogen-bond acceptors (Lipinski definition) is 2. The van der Waals surface area contributed by atoms with Gasteiger partial charge in [-0.1, -0.05) is 60.2 Å². The van der Waals surface area contributed by atoms with Crippen LogP contribution in [-0.2, 0) is 13.0 Å². The molecule has 29 heavy (non-hydrogen) atoms. The van der Waals surface area contributed by atoms with Crippen LogP contribution in [0.1, 0.15) is 30.5 Å². The molecule has 0 spiro atoms. The molecule has 3 nitrogen and oxygen atoms in total. The molecule has 148 valence electrons. The summed E-state index contributed by atoms with van der Waals surface area (Å²) in [6.07, 6.45) is 19.3. The molecule has 0 radical (unpaired) electrons. The van der Waals surface area contributed by atoms with Crippen LogP contribution in [0.3, 0.4) is 0 Å². The highest BCUT2D eigenvalue weighted by atomic mass is 15.1. The number of pyridine rings is 1. The molecule has 1 aliphatic rings. The van der Waals surface area contributed by atoms with E-state index in [1.54, 1.807) is 0 Å². The van der Waals surface area contributed by atoms with Gasteiger partial charge in [-0.2, -0.15) is 0 Å². The van der Waals surface area contributed by atoms with Gasteiger partial charge in [0.25, 0.3) is 0 Å². The molecule has 3 aromatic rings. The van der Waals surface area contributed by atoms with Gasteiger partial charge >= 0.3 is 0 Å². The summed E-state index contributed by atoms with van der Waals surface area (Å²) in [5, 5.41) is 1.28. The van der Waals surface area contributed by atoms with Gasteiger partial charge in [-0.3, -0.25) is 9.88 Å². The van der Waals surface area contributed by atoms with Gasteiger partial charge in [-0.05, 0) is 48.4 Å². The van der Waals surface area contributed by atoms with Gasteiger partial charge in [0.1, 0.15) is 0 Å². The molecule has 0 amide bonds. The Morgan fingerprint density at radius 3 is 2.83 bits per heavy atom. The third kappa shape index (κ3) is 5.55. The highest BCUT2D eigenvalue weighted by Gasteiger charge is 2.11. The smallest absolute Gasteiger partial charge is 0.0499 e. The Hall–Kier alpha value is -2.91. The first kappa shape index (κ1) is 19.4. The Morgan fingerprint density at radius 2 is 1.90 bits per heavy atom. The number of H-pyrrole nitrogens is 1. The summed E-state index contributed by atoms with van der Waals surface area (Å²) in [5.41, 5.74) is 5.32. The molecule has 1 aliphatic carbocycles. The second-order valence-electron chi connectivity index (χ2n) is 7.63. The van der Waals surface area contributed by atoms with Crippen molar-refractivity contribution in [3.8, 4) is 0 Å². The highest BCUT2D eigenvalue weighted by molar-refractivity contribution is 5.82. The van der Waals surface area contributed by atoms with Crippen molar-refractivity contribution in [2.24, 2.45) is 0 Å². The minimum absolute atomic E-state index is 0.952. The van der Waals surface area contributed by atoms with Crippen LogP contribution in [0.4, 0.5) is 0 Å². The summed E-state index contributed by atoms with van der Waals surface area (Å²) < 4.78 is 0. The average Bonchev–Trinajstić information content (AvgIpc) is 3.21. The Labute approximate surface area is 173 Å². The van der Waals surface area contributed by atoms with E-state index in [1.165, 1.54) is 22.0 Å². The van der Waals surface area contributed by atoms with Crippen LogP contribution in [0.5, 0.6) is 0 Å². The fourth-order valence-corrected chi connectivity index (χ4v) is 3.90. The Morgan fingerprint density at radius 1 is 0.931 bits per heavy atom. The molecule has 2 aromatic heterocycles. The van der Waals surface area contributed by atoms with Gasteiger partial charge < -0.3 is 4.98 Å². The summed E-state index contributed by atoms with van der Waals surface area (Å²) in [4.78, 5) is 10.5. The standard InChI is InChI=1S/C26H29N3/c1-2-4-9-22(10-5-3-1)15-19-29(20-16-25-13-6-7-17-27-25)21-24-12-8-11-23-14-18-28-26(23)24/h1-4,6-9,11-14,17-18,28H,5,10,15-16,19-21H2. The van der Waals surface area contributed by atoms with E-state index >= 15 is 0 Å². The zero-order valence-corrected chi connectivity index (χ0v) is 16.9. The van der Waals surface area contributed by atoms with Gasteiger partial charge in [0.15, 0.2) is 0 Å². The van der Waals surface area contributed by atoms with Crippen LogP contribution in [0, 0.1) is 0 Å². The molecule has 0 bridgehead atoms. The van der Waals surface area contributed by atoms with Crippen molar-refractivity contribution < 1.29 is 0 Å². The van der Waals surface area contributed by atoms with E-state index in [0.29, 0.717) is 0 Å². The Kier molecular flexibility index (Phi) is 6.72. The second kappa shape index (κ2) is 10.0. The lowest BCUT2D eigenvalue weighted by Crippen LogP contribution is -2.27. The molecular weight excluding hydrogens is 354 g/mol. The predicted octanol–water partition coefficient (Wildman–Crippen LogP) is 5.83. The van der Waals surface area contributed by atoms with Crippen LogP contribution in [0.15, 0.2) is 90.8 Å². The number of nitrogens with one attached hydrogen (secondary N) is 1. The minimum atomic E-state index is 0.952. The first-order valence-electron chi connectivity index (χ1n) is 10.6. The van der Waals surface area contributed by atoms with Crippen molar-refractivity contribution in [2.45, 2.75) is 32.2 Å². The lowest BCUT2D eigenvalue weighted by Gasteiger charge is -2.23. The molecule has 4 rings (SSSR count).